The fourth-order valence-electron chi connectivity index (χ4n) is 3.43. The Morgan fingerprint density at radius 1 is 1.10 bits per heavy atom. The molecule has 3 rings (SSSR count). The number of nitrogens with zero attached hydrogens (tertiary/aromatic N) is 1. The maximum absolute atomic E-state index is 13.1. The monoisotopic (exact) mass is 428 g/mol. The average Bonchev–Trinajstić information content (AvgIpc) is 3.03. The van der Waals surface area contributed by atoms with Crippen LogP contribution in [0.3, 0.4) is 0 Å². The number of amides is 1. The van der Waals surface area contributed by atoms with Crippen LogP contribution < -0.4 is 10.1 Å². The van der Waals surface area contributed by atoms with Gasteiger partial charge in [-0.3, -0.25) is 4.79 Å². The van der Waals surface area contributed by atoms with Crippen LogP contribution in [0.4, 0.5) is 5.69 Å². The maximum atomic E-state index is 13.1. The van der Waals surface area contributed by atoms with Crippen molar-refractivity contribution in [3.8, 4) is 5.75 Å². The highest BCUT2D eigenvalue weighted by Crippen LogP contribution is 2.24. The van der Waals surface area contributed by atoms with Crippen molar-refractivity contribution < 1.29 is 17.9 Å². The molecule has 1 aliphatic rings. The van der Waals surface area contributed by atoms with Gasteiger partial charge in [0.25, 0.3) is 5.91 Å². The lowest BCUT2D eigenvalue weighted by molar-refractivity contribution is 0.102. The van der Waals surface area contributed by atoms with Gasteiger partial charge in [0.05, 0.1) is 4.90 Å². The zero-order valence-corrected chi connectivity index (χ0v) is 18.1. The molecular formula is C23H28N2O4S. The molecule has 2 aromatic rings. The van der Waals surface area contributed by atoms with E-state index in [2.05, 4.69) is 11.9 Å². The SMILES string of the molecule is C=CCOc1ccc(NC(=O)c2cc(S(=O)(=O)N3CCCCCC3)ccc2C)cc1. The Labute approximate surface area is 178 Å². The van der Waals surface area contributed by atoms with Crippen molar-refractivity contribution in [2.75, 3.05) is 25.0 Å². The van der Waals surface area contributed by atoms with E-state index in [1.807, 2.05) is 0 Å². The first-order chi connectivity index (χ1) is 14.4. The number of anilines is 1. The highest BCUT2D eigenvalue weighted by Gasteiger charge is 2.26. The van der Waals surface area contributed by atoms with Crippen molar-refractivity contribution in [3.63, 3.8) is 0 Å². The number of carbonyl (C=O) groups is 1. The third kappa shape index (κ3) is 5.29. The van der Waals surface area contributed by atoms with E-state index >= 15 is 0 Å². The van der Waals surface area contributed by atoms with Gasteiger partial charge in [0.1, 0.15) is 12.4 Å². The van der Waals surface area contributed by atoms with Gasteiger partial charge in [-0.25, -0.2) is 8.42 Å². The van der Waals surface area contributed by atoms with Crippen LogP contribution in [-0.4, -0.2) is 38.3 Å². The first-order valence-corrected chi connectivity index (χ1v) is 11.6. The number of carbonyl (C=O) groups excluding carboxylic acids is 1. The lowest BCUT2D eigenvalue weighted by Crippen LogP contribution is -2.32. The smallest absolute Gasteiger partial charge is 0.255 e. The Hall–Kier alpha value is -2.64. The number of rotatable bonds is 7. The van der Waals surface area contributed by atoms with Gasteiger partial charge in [-0.2, -0.15) is 4.31 Å². The summed E-state index contributed by atoms with van der Waals surface area (Å²) < 4.78 is 33.1. The summed E-state index contributed by atoms with van der Waals surface area (Å²) in [6.07, 6.45) is 5.48. The molecule has 7 heteroatoms. The molecule has 0 aromatic heterocycles. The van der Waals surface area contributed by atoms with Gasteiger partial charge in [-0.05, 0) is 61.7 Å². The minimum Gasteiger partial charge on any atom is -0.490 e. The first kappa shape index (κ1) is 22.1. The zero-order chi connectivity index (χ0) is 21.6. The molecule has 1 fully saturated rings. The summed E-state index contributed by atoms with van der Waals surface area (Å²) in [6, 6.07) is 11.7. The van der Waals surface area contributed by atoms with E-state index in [-0.39, 0.29) is 10.8 Å². The van der Waals surface area contributed by atoms with Crippen LogP contribution in [0.15, 0.2) is 60.0 Å². The van der Waals surface area contributed by atoms with Crippen molar-refractivity contribution >= 4 is 21.6 Å². The molecular weight excluding hydrogens is 400 g/mol. The second-order valence-corrected chi connectivity index (χ2v) is 9.31. The molecule has 1 amide bonds. The molecule has 1 aliphatic heterocycles. The van der Waals surface area contributed by atoms with E-state index in [1.54, 1.807) is 49.4 Å². The number of nitrogens with one attached hydrogen (secondary N) is 1. The van der Waals surface area contributed by atoms with Gasteiger partial charge in [0.15, 0.2) is 0 Å². The minimum absolute atomic E-state index is 0.160. The Bertz CT molecular complexity index is 992. The van der Waals surface area contributed by atoms with Gasteiger partial charge in [-0.15, -0.1) is 0 Å². The topological polar surface area (TPSA) is 75.7 Å². The third-order valence-corrected chi connectivity index (χ3v) is 7.03. The number of sulfonamides is 1. The number of hydrogen-bond donors (Lipinski definition) is 1. The molecule has 0 radical (unpaired) electrons. The highest BCUT2D eigenvalue weighted by atomic mass is 32.2. The standard InChI is InChI=1S/C23H28N2O4S/c1-3-16-29-20-11-9-19(10-12-20)24-23(26)22-17-21(13-8-18(22)2)30(27,28)25-14-6-4-5-7-15-25/h3,8-13,17H,1,4-7,14-16H2,2H3,(H,24,26). The van der Waals surface area contributed by atoms with E-state index in [9.17, 15) is 13.2 Å². The summed E-state index contributed by atoms with van der Waals surface area (Å²) in [4.78, 5) is 13.0. The summed E-state index contributed by atoms with van der Waals surface area (Å²) >= 11 is 0. The first-order valence-electron chi connectivity index (χ1n) is 10.2. The fraction of sp³-hybridized carbons (Fsp3) is 0.348. The molecule has 1 saturated heterocycles. The molecule has 6 nitrogen and oxygen atoms in total. The van der Waals surface area contributed by atoms with Gasteiger partial charge < -0.3 is 10.1 Å². The molecule has 0 spiro atoms. The molecule has 2 aromatic carbocycles. The van der Waals surface area contributed by atoms with Gasteiger partial charge in [0, 0.05) is 24.3 Å². The van der Waals surface area contributed by atoms with E-state index in [0.29, 0.717) is 42.3 Å². The zero-order valence-electron chi connectivity index (χ0n) is 17.3. The lowest BCUT2D eigenvalue weighted by Gasteiger charge is -2.20. The average molecular weight is 429 g/mol. The van der Waals surface area contributed by atoms with E-state index in [0.717, 1.165) is 25.7 Å². The Morgan fingerprint density at radius 2 is 1.77 bits per heavy atom. The number of aryl methyl sites for hydroxylation is 1. The van der Waals surface area contributed by atoms with Gasteiger partial charge >= 0.3 is 0 Å². The summed E-state index contributed by atoms with van der Waals surface area (Å²) in [6.45, 7) is 6.86. The second kappa shape index (κ2) is 9.91. The van der Waals surface area contributed by atoms with E-state index in [4.69, 9.17) is 4.74 Å². The van der Waals surface area contributed by atoms with Crippen molar-refractivity contribution in [2.45, 2.75) is 37.5 Å². The Kier molecular flexibility index (Phi) is 7.29. The predicted molar refractivity (Wildman–Crippen MR) is 118 cm³/mol. The number of benzene rings is 2. The van der Waals surface area contributed by atoms with E-state index < -0.39 is 10.0 Å². The molecule has 0 aliphatic carbocycles. The van der Waals surface area contributed by atoms with Crippen molar-refractivity contribution in [2.24, 2.45) is 0 Å². The molecule has 0 atom stereocenters. The molecule has 0 unspecified atom stereocenters. The van der Waals surface area contributed by atoms with Gasteiger partial charge in [-0.1, -0.05) is 31.6 Å². The molecule has 1 heterocycles. The van der Waals surface area contributed by atoms with Crippen LogP contribution in [0.1, 0.15) is 41.6 Å². The molecule has 0 saturated carbocycles. The number of ether oxygens (including phenoxy) is 1. The summed E-state index contributed by atoms with van der Waals surface area (Å²) in [5.41, 5.74) is 1.66. The van der Waals surface area contributed by atoms with Crippen molar-refractivity contribution in [3.05, 3.63) is 66.2 Å². The normalized spacial score (nSPS) is 15.2. The third-order valence-electron chi connectivity index (χ3n) is 5.14. The quantitative estimate of drug-likeness (QED) is 0.664. The molecule has 160 valence electrons. The summed E-state index contributed by atoms with van der Waals surface area (Å²) in [5.74, 6) is 0.329. The van der Waals surface area contributed by atoms with E-state index in [1.165, 1.54) is 10.4 Å². The van der Waals surface area contributed by atoms with Crippen molar-refractivity contribution in [1.29, 1.82) is 0 Å². The Balaban J connectivity index is 1.78. The van der Waals surface area contributed by atoms with Crippen LogP contribution in [-0.2, 0) is 10.0 Å². The van der Waals surface area contributed by atoms with Crippen LogP contribution in [0.5, 0.6) is 5.75 Å². The van der Waals surface area contributed by atoms with Crippen molar-refractivity contribution in [1.82, 2.24) is 4.31 Å². The van der Waals surface area contributed by atoms with Crippen LogP contribution >= 0.6 is 0 Å². The molecule has 1 N–H and O–H groups in total. The summed E-state index contributed by atoms with van der Waals surface area (Å²) in [5, 5.41) is 2.83. The van der Waals surface area contributed by atoms with Crippen LogP contribution in [0.25, 0.3) is 0 Å². The maximum Gasteiger partial charge on any atom is 0.255 e. The second-order valence-electron chi connectivity index (χ2n) is 7.37. The lowest BCUT2D eigenvalue weighted by atomic mass is 10.1. The van der Waals surface area contributed by atoms with Gasteiger partial charge in [0.2, 0.25) is 10.0 Å². The predicted octanol–water partition coefficient (Wildman–Crippen LogP) is 4.38. The molecule has 30 heavy (non-hydrogen) atoms. The Morgan fingerprint density at radius 3 is 2.40 bits per heavy atom. The van der Waals surface area contributed by atoms with Crippen LogP contribution in [0.2, 0.25) is 0 Å². The van der Waals surface area contributed by atoms with Crippen LogP contribution in [0, 0.1) is 6.92 Å². The summed E-state index contributed by atoms with van der Waals surface area (Å²) in [7, 11) is -3.62. The minimum atomic E-state index is -3.62. The fourth-order valence-corrected chi connectivity index (χ4v) is 4.97. The largest absolute Gasteiger partial charge is 0.490 e. The number of hydrogen-bond acceptors (Lipinski definition) is 4. The highest BCUT2D eigenvalue weighted by molar-refractivity contribution is 7.89. The molecule has 0 bridgehead atoms.